The summed E-state index contributed by atoms with van der Waals surface area (Å²) in [5.74, 6) is -1.05. The van der Waals surface area contributed by atoms with Crippen molar-refractivity contribution in [2.75, 3.05) is 6.61 Å². The molecule has 1 heterocycles. The highest BCUT2D eigenvalue weighted by molar-refractivity contribution is 5.71. The molecule has 0 spiro atoms. The maximum atomic E-state index is 10.8. The van der Waals surface area contributed by atoms with Crippen molar-refractivity contribution in [3.63, 3.8) is 0 Å². The molecule has 2 rings (SSSR count). The summed E-state index contributed by atoms with van der Waals surface area (Å²) in [5.41, 5.74) is 0.529. The number of fused-ring (bicyclic) bond motifs is 1. The van der Waals surface area contributed by atoms with Crippen LogP contribution in [0.3, 0.4) is 0 Å². The second kappa shape index (κ2) is 3.80. The van der Waals surface area contributed by atoms with E-state index in [1.807, 2.05) is 0 Å². The molecule has 0 amide bonds. The van der Waals surface area contributed by atoms with Gasteiger partial charge >= 0.3 is 5.97 Å². The first-order chi connectivity index (χ1) is 7.58. The summed E-state index contributed by atoms with van der Waals surface area (Å²) in [4.78, 5) is 20.8. The number of hydrogen-bond acceptors (Lipinski definition) is 4. The summed E-state index contributed by atoms with van der Waals surface area (Å²) >= 11 is 0. The van der Waals surface area contributed by atoms with E-state index >= 15 is 0 Å². The Morgan fingerprint density at radius 1 is 1.56 bits per heavy atom. The van der Waals surface area contributed by atoms with Gasteiger partial charge in [-0.05, 0) is 12.5 Å². The number of nitrogens with zero attached hydrogens (tertiary/aromatic N) is 1. The van der Waals surface area contributed by atoms with E-state index in [1.54, 1.807) is 0 Å². The third kappa shape index (κ3) is 1.81. The molecule has 16 heavy (non-hydrogen) atoms. The Labute approximate surface area is 90.6 Å². The minimum absolute atomic E-state index is 0.0478. The van der Waals surface area contributed by atoms with E-state index in [0.29, 0.717) is 11.3 Å². The minimum atomic E-state index is -0.947. The third-order valence-corrected chi connectivity index (χ3v) is 2.51. The fourth-order valence-corrected chi connectivity index (χ4v) is 1.65. The van der Waals surface area contributed by atoms with Crippen molar-refractivity contribution in [2.45, 2.75) is 6.42 Å². The predicted octanol–water partition coefficient (Wildman–Crippen LogP) is 1.23. The number of benzene rings is 1. The van der Waals surface area contributed by atoms with Gasteiger partial charge in [-0.2, -0.15) is 0 Å². The number of ether oxygens (including phenoxy) is 1. The lowest BCUT2D eigenvalue weighted by atomic mass is 9.96. The molecule has 1 aromatic rings. The van der Waals surface area contributed by atoms with Crippen LogP contribution in [-0.2, 0) is 11.2 Å². The van der Waals surface area contributed by atoms with Crippen LogP contribution >= 0.6 is 0 Å². The third-order valence-electron chi connectivity index (χ3n) is 2.51. The fraction of sp³-hybridized carbons (Fsp3) is 0.300. The second-order valence-corrected chi connectivity index (χ2v) is 3.60. The summed E-state index contributed by atoms with van der Waals surface area (Å²) in [6.07, 6.45) is 0.270. The van der Waals surface area contributed by atoms with Gasteiger partial charge in [0.15, 0.2) is 0 Å². The topological polar surface area (TPSA) is 89.7 Å². The highest BCUT2D eigenvalue weighted by Crippen LogP contribution is 2.30. The Morgan fingerprint density at radius 2 is 2.31 bits per heavy atom. The van der Waals surface area contributed by atoms with E-state index in [-0.39, 0.29) is 18.7 Å². The van der Waals surface area contributed by atoms with Crippen LogP contribution in [0.4, 0.5) is 5.69 Å². The van der Waals surface area contributed by atoms with Crippen LogP contribution < -0.4 is 4.74 Å². The van der Waals surface area contributed by atoms with Gasteiger partial charge in [-0.15, -0.1) is 0 Å². The number of nitro benzene ring substituents is 1. The van der Waals surface area contributed by atoms with E-state index < -0.39 is 16.8 Å². The maximum Gasteiger partial charge on any atom is 0.310 e. The number of hydrogen-bond donors (Lipinski definition) is 1. The van der Waals surface area contributed by atoms with Crippen LogP contribution in [0.5, 0.6) is 5.75 Å². The molecule has 1 unspecified atom stereocenters. The Hall–Kier alpha value is -2.11. The van der Waals surface area contributed by atoms with E-state index in [2.05, 4.69) is 0 Å². The number of carbonyl (C=O) groups is 1. The van der Waals surface area contributed by atoms with Gasteiger partial charge in [-0.25, -0.2) is 0 Å². The van der Waals surface area contributed by atoms with Crippen molar-refractivity contribution in [1.82, 2.24) is 0 Å². The van der Waals surface area contributed by atoms with Crippen molar-refractivity contribution in [3.8, 4) is 5.75 Å². The van der Waals surface area contributed by atoms with Crippen LogP contribution in [0.2, 0.25) is 0 Å². The molecule has 1 atom stereocenters. The van der Waals surface area contributed by atoms with Crippen molar-refractivity contribution >= 4 is 11.7 Å². The Kier molecular flexibility index (Phi) is 2.47. The second-order valence-electron chi connectivity index (χ2n) is 3.60. The Bertz CT molecular complexity index is 457. The molecule has 0 saturated carbocycles. The highest BCUT2D eigenvalue weighted by atomic mass is 16.6. The lowest BCUT2D eigenvalue weighted by molar-refractivity contribution is -0.385. The lowest BCUT2D eigenvalue weighted by Gasteiger charge is -2.21. The highest BCUT2D eigenvalue weighted by Gasteiger charge is 2.26. The fourth-order valence-electron chi connectivity index (χ4n) is 1.65. The lowest BCUT2D eigenvalue weighted by Crippen LogP contribution is -2.27. The van der Waals surface area contributed by atoms with Gasteiger partial charge in [0.1, 0.15) is 12.4 Å². The normalized spacial score (nSPS) is 18.4. The first-order valence-electron chi connectivity index (χ1n) is 4.71. The molecule has 0 aliphatic carbocycles. The smallest absolute Gasteiger partial charge is 0.310 e. The molecule has 1 N–H and O–H groups in total. The summed E-state index contributed by atoms with van der Waals surface area (Å²) in [6.45, 7) is 0.111. The molecule has 0 fully saturated rings. The molecule has 0 bridgehead atoms. The van der Waals surface area contributed by atoms with Crippen molar-refractivity contribution < 1.29 is 19.6 Å². The van der Waals surface area contributed by atoms with Crippen LogP contribution in [0.1, 0.15) is 5.56 Å². The largest absolute Gasteiger partial charge is 0.492 e. The molecule has 1 aliphatic heterocycles. The van der Waals surface area contributed by atoms with Crippen molar-refractivity contribution in [2.24, 2.45) is 5.92 Å². The average molecular weight is 223 g/mol. The quantitative estimate of drug-likeness (QED) is 0.601. The van der Waals surface area contributed by atoms with Gasteiger partial charge in [0.05, 0.1) is 10.8 Å². The molecule has 6 heteroatoms. The molecule has 0 aromatic heterocycles. The number of nitro groups is 1. The molecule has 1 aromatic carbocycles. The maximum absolute atomic E-state index is 10.8. The monoisotopic (exact) mass is 223 g/mol. The predicted molar refractivity (Wildman–Crippen MR) is 53.4 cm³/mol. The van der Waals surface area contributed by atoms with Gasteiger partial charge in [0.2, 0.25) is 0 Å². The number of carboxylic acids is 1. The van der Waals surface area contributed by atoms with E-state index in [9.17, 15) is 14.9 Å². The van der Waals surface area contributed by atoms with E-state index in [0.717, 1.165) is 0 Å². The molecule has 1 aliphatic rings. The number of carboxylic acid groups (broad SMARTS) is 1. The van der Waals surface area contributed by atoms with Gasteiger partial charge in [0, 0.05) is 17.7 Å². The summed E-state index contributed by atoms with van der Waals surface area (Å²) in [6, 6.07) is 4.22. The SMILES string of the molecule is O=C(O)C1COc2ccc([N+](=O)[O-])cc2C1. The summed E-state index contributed by atoms with van der Waals surface area (Å²) in [5, 5.41) is 19.4. The van der Waals surface area contributed by atoms with Crippen LogP contribution in [0.25, 0.3) is 0 Å². The minimum Gasteiger partial charge on any atom is -0.492 e. The molecule has 6 nitrogen and oxygen atoms in total. The standard InChI is InChI=1S/C10H9NO5/c12-10(13)7-3-6-4-8(11(14)15)1-2-9(6)16-5-7/h1-2,4,7H,3,5H2,(H,12,13). The van der Waals surface area contributed by atoms with Gasteiger partial charge in [-0.1, -0.05) is 0 Å². The molecule has 0 radical (unpaired) electrons. The number of aliphatic carboxylic acids is 1. The summed E-state index contributed by atoms with van der Waals surface area (Å²) in [7, 11) is 0. The molecule has 0 saturated heterocycles. The van der Waals surface area contributed by atoms with Crippen LogP contribution in [0.15, 0.2) is 18.2 Å². The number of non-ortho nitro benzene ring substituents is 1. The zero-order valence-corrected chi connectivity index (χ0v) is 8.25. The van der Waals surface area contributed by atoms with Crippen molar-refractivity contribution in [1.29, 1.82) is 0 Å². The molecule has 84 valence electrons. The van der Waals surface area contributed by atoms with Crippen LogP contribution in [-0.4, -0.2) is 22.6 Å². The number of rotatable bonds is 2. The van der Waals surface area contributed by atoms with Gasteiger partial charge < -0.3 is 9.84 Å². The van der Waals surface area contributed by atoms with Crippen molar-refractivity contribution in [3.05, 3.63) is 33.9 Å². The van der Waals surface area contributed by atoms with E-state index in [1.165, 1.54) is 18.2 Å². The van der Waals surface area contributed by atoms with E-state index in [4.69, 9.17) is 9.84 Å². The Balaban J connectivity index is 2.32. The summed E-state index contributed by atoms with van der Waals surface area (Å²) < 4.78 is 5.23. The zero-order valence-electron chi connectivity index (χ0n) is 8.25. The van der Waals surface area contributed by atoms with Crippen LogP contribution in [0, 0.1) is 16.0 Å². The zero-order chi connectivity index (χ0) is 11.7. The Morgan fingerprint density at radius 3 is 2.94 bits per heavy atom. The van der Waals surface area contributed by atoms with Gasteiger partial charge in [-0.3, -0.25) is 14.9 Å². The first-order valence-corrected chi connectivity index (χ1v) is 4.71. The average Bonchev–Trinajstić information content (AvgIpc) is 2.27. The first kappa shape index (κ1) is 10.4. The molecular weight excluding hydrogens is 214 g/mol. The molecular formula is C10H9NO5. The van der Waals surface area contributed by atoms with Gasteiger partial charge in [0.25, 0.3) is 5.69 Å².